The van der Waals surface area contributed by atoms with Crippen molar-refractivity contribution in [2.75, 3.05) is 0 Å². The molecule has 2 nitrogen and oxygen atoms in total. The van der Waals surface area contributed by atoms with Crippen molar-refractivity contribution in [3.63, 3.8) is 0 Å². The first kappa shape index (κ1) is 11.4. The highest BCUT2D eigenvalue weighted by atomic mass is 16.3. The molecule has 0 radical (unpaired) electrons. The summed E-state index contributed by atoms with van der Waals surface area (Å²) in [4.78, 5) is 11.0. The van der Waals surface area contributed by atoms with Crippen molar-refractivity contribution in [1.29, 1.82) is 0 Å². The van der Waals surface area contributed by atoms with Crippen LogP contribution in [-0.2, 0) is 4.79 Å². The Balaban J connectivity index is 3.19. The molecular formula is C10H18O2. The molecule has 0 saturated carbocycles. The highest BCUT2D eigenvalue weighted by molar-refractivity contribution is 5.79. The fraction of sp³-hybridized carbons (Fsp3) is 0.700. The lowest BCUT2D eigenvalue weighted by molar-refractivity contribution is -0.118. The van der Waals surface area contributed by atoms with E-state index in [1.54, 1.807) is 13.0 Å². The van der Waals surface area contributed by atoms with E-state index >= 15 is 0 Å². The third-order valence-corrected chi connectivity index (χ3v) is 1.70. The Labute approximate surface area is 74.3 Å². The summed E-state index contributed by atoms with van der Waals surface area (Å²) in [5, 5.41) is 8.92. The number of hydrogen-bond acceptors (Lipinski definition) is 2. The molecule has 0 aromatic rings. The molecule has 0 spiro atoms. The maximum Gasteiger partial charge on any atom is 0.136 e. The maximum absolute atomic E-state index is 11.0. The van der Waals surface area contributed by atoms with Gasteiger partial charge in [0.15, 0.2) is 0 Å². The number of carbonyl (C=O) groups excluding carboxylic acids is 1. The number of aliphatic hydroxyl groups excluding tert-OH is 1. The lowest BCUT2D eigenvalue weighted by atomic mass is 10.1. The first-order valence-electron chi connectivity index (χ1n) is 4.47. The molecule has 1 unspecified atom stereocenters. The zero-order chi connectivity index (χ0) is 9.40. The quantitative estimate of drug-likeness (QED) is 0.469. The second-order valence-electron chi connectivity index (χ2n) is 3.13. The van der Waals surface area contributed by atoms with Crippen LogP contribution in [0.4, 0.5) is 0 Å². The molecular weight excluding hydrogens is 152 g/mol. The molecule has 0 amide bonds. The summed E-state index contributed by atoms with van der Waals surface area (Å²) < 4.78 is 0. The minimum Gasteiger partial charge on any atom is -0.393 e. The van der Waals surface area contributed by atoms with Crippen LogP contribution in [-0.4, -0.2) is 17.0 Å². The predicted molar refractivity (Wildman–Crippen MR) is 50.0 cm³/mol. The first-order valence-corrected chi connectivity index (χ1v) is 4.47. The monoisotopic (exact) mass is 170 g/mol. The molecule has 70 valence electrons. The summed E-state index contributed by atoms with van der Waals surface area (Å²) in [7, 11) is 0. The van der Waals surface area contributed by atoms with Gasteiger partial charge in [-0.2, -0.15) is 0 Å². The molecule has 0 aromatic carbocycles. The van der Waals surface area contributed by atoms with E-state index in [2.05, 4.69) is 6.58 Å². The van der Waals surface area contributed by atoms with Crippen molar-refractivity contribution in [3.8, 4) is 0 Å². The topological polar surface area (TPSA) is 37.3 Å². The normalized spacial score (nSPS) is 12.5. The van der Waals surface area contributed by atoms with Crippen molar-refractivity contribution < 1.29 is 9.90 Å². The molecule has 1 atom stereocenters. The van der Waals surface area contributed by atoms with Crippen LogP contribution >= 0.6 is 0 Å². The van der Waals surface area contributed by atoms with Gasteiger partial charge in [-0.25, -0.2) is 0 Å². The molecule has 0 rings (SSSR count). The van der Waals surface area contributed by atoms with E-state index in [0.717, 1.165) is 19.3 Å². The Bertz CT molecular complexity index is 139. The van der Waals surface area contributed by atoms with Gasteiger partial charge in [0.25, 0.3) is 0 Å². The molecule has 0 heterocycles. The van der Waals surface area contributed by atoms with Crippen molar-refractivity contribution in [3.05, 3.63) is 12.7 Å². The van der Waals surface area contributed by atoms with Crippen LogP contribution in [0.3, 0.4) is 0 Å². The lowest BCUT2D eigenvalue weighted by Gasteiger charge is -2.02. The van der Waals surface area contributed by atoms with Gasteiger partial charge in [-0.05, 0) is 19.8 Å². The van der Waals surface area contributed by atoms with Crippen LogP contribution in [0.5, 0.6) is 0 Å². The van der Waals surface area contributed by atoms with Gasteiger partial charge < -0.3 is 5.11 Å². The van der Waals surface area contributed by atoms with Crippen molar-refractivity contribution in [2.24, 2.45) is 0 Å². The van der Waals surface area contributed by atoms with Crippen molar-refractivity contribution >= 4 is 5.78 Å². The van der Waals surface area contributed by atoms with Gasteiger partial charge in [-0.1, -0.05) is 12.5 Å². The summed E-state index contributed by atoms with van der Waals surface area (Å²) in [6.45, 7) is 5.27. The molecule has 12 heavy (non-hydrogen) atoms. The maximum atomic E-state index is 11.0. The lowest BCUT2D eigenvalue weighted by Crippen LogP contribution is -2.00. The highest BCUT2D eigenvalue weighted by Gasteiger charge is 2.00. The third kappa shape index (κ3) is 7.48. The summed E-state index contributed by atoms with van der Waals surface area (Å²) in [5.74, 6) is 0.246. The number of carbonyl (C=O) groups is 1. The third-order valence-electron chi connectivity index (χ3n) is 1.70. The average molecular weight is 170 g/mol. The van der Waals surface area contributed by atoms with Gasteiger partial charge in [0.1, 0.15) is 5.78 Å². The number of aliphatic hydroxyl groups is 1. The van der Waals surface area contributed by atoms with E-state index in [0.29, 0.717) is 12.8 Å². The molecule has 1 N–H and O–H groups in total. The van der Waals surface area contributed by atoms with E-state index in [1.807, 2.05) is 0 Å². The smallest absolute Gasteiger partial charge is 0.136 e. The Morgan fingerprint density at radius 2 is 2.25 bits per heavy atom. The SMILES string of the molecule is C=CCC(=O)CCCCC(C)O. The van der Waals surface area contributed by atoms with E-state index in [1.165, 1.54) is 0 Å². The zero-order valence-corrected chi connectivity index (χ0v) is 7.75. The number of allylic oxidation sites excluding steroid dienone is 1. The van der Waals surface area contributed by atoms with Gasteiger partial charge >= 0.3 is 0 Å². The Morgan fingerprint density at radius 3 is 2.75 bits per heavy atom. The minimum absolute atomic E-state index is 0.237. The van der Waals surface area contributed by atoms with Crippen molar-refractivity contribution in [2.45, 2.75) is 45.1 Å². The molecule has 0 aliphatic heterocycles. The fourth-order valence-corrected chi connectivity index (χ4v) is 1.02. The van der Waals surface area contributed by atoms with E-state index in [4.69, 9.17) is 5.11 Å². The van der Waals surface area contributed by atoms with Gasteiger partial charge in [0.2, 0.25) is 0 Å². The fourth-order valence-electron chi connectivity index (χ4n) is 1.02. The van der Waals surface area contributed by atoms with Gasteiger partial charge in [-0.3, -0.25) is 4.79 Å². The van der Waals surface area contributed by atoms with Crippen LogP contribution < -0.4 is 0 Å². The number of ketones is 1. The first-order chi connectivity index (χ1) is 5.66. The van der Waals surface area contributed by atoms with Gasteiger partial charge in [0.05, 0.1) is 6.10 Å². The summed E-state index contributed by atoms with van der Waals surface area (Å²) in [6, 6.07) is 0. The second-order valence-corrected chi connectivity index (χ2v) is 3.13. The number of Topliss-reactive ketones (excluding diaryl/α,β-unsaturated/α-hetero) is 1. The Kier molecular flexibility index (Phi) is 6.67. The largest absolute Gasteiger partial charge is 0.393 e. The molecule has 0 aliphatic carbocycles. The molecule has 0 bridgehead atoms. The molecule has 0 aliphatic rings. The Morgan fingerprint density at radius 1 is 1.58 bits per heavy atom. The minimum atomic E-state index is -0.237. The molecule has 0 saturated heterocycles. The van der Waals surface area contributed by atoms with E-state index in [-0.39, 0.29) is 11.9 Å². The van der Waals surface area contributed by atoms with Crippen LogP contribution in [0, 0.1) is 0 Å². The number of hydrogen-bond donors (Lipinski definition) is 1. The predicted octanol–water partition coefficient (Wildman–Crippen LogP) is 2.07. The highest BCUT2D eigenvalue weighted by Crippen LogP contribution is 2.04. The number of unbranched alkanes of at least 4 members (excludes halogenated alkanes) is 1. The number of rotatable bonds is 7. The average Bonchev–Trinajstić information content (AvgIpc) is 1.98. The van der Waals surface area contributed by atoms with Crippen molar-refractivity contribution in [1.82, 2.24) is 0 Å². The van der Waals surface area contributed by atoms with Gasteiger partial charge in [0, 0.05) is 12.8 Å². The Hall–Kier alpha value is -0.630. The summed E-state index contributed by atoms with van der Waals surface area (Å²) in [5.41, 5.74) is 0. The zero-order valence-electron chi connectivity index (χ0n) is 7.75. The van der Waals surface area contributed by atoms with E-state index < -0.39 is 0 Å². The second kappa shape index (κ2) is 7.04. The van der Waals surface area contributed by atoms with Crippen LogP contribution in [0.15, 0.2) is 12.7 Å². The van der Waals surface area contributed by atoms with Crippen LogP contribution in [0.25, 0.3) is 0 Å². The molecule has 0 fully saturated rings. The summed E-state index contributed by atoms with van der Waals surface area (Å²) >= 11 is 0. The van der Waals surface area contributed by atoms with Gasteiger partial charge in [-0.15, -0.1) is 6.58 Å². The molecule has 2 heteroatoms. The van der Waals surface area contributed by atoms with Crippen LogP contribution in [0.2, 0.25) is 0 Å². The van der Waals surface area contributed by atoms with E-state index in [9.17, 15) is 4.79 Å². The summed E-state index contributed by atoms with van der Waals surface area (Å²) in [6.07, 6.45) is 5.11. The van der Waals surface area contributed by atoms with Crippen LogP contribution in [0.1, 0.15) is 39.0 Å². The molecule has 0 aromatic heterocycles. The standard InChI is InChI=1S/C10H18O2/c1-3-6-10(12)8-5-4-7-9(2)11/h3,9,11H,1,4-8H2,2H3.